The minimum Gasteiger partial charge on any atom is -0.461 e. The van der Waals surface area contributed by atoms with Crippen molar-refractivity contribution in [3.05, 3.63) is 45.6 Å². The molecular weight excluding hydrogens is 428 g/mol. The van der Waals surface area contributed by atoms with Crippen molar-refractivity contribution in [2.75, 3.05) is 6.61 Å². The summed E-state index contributed by atoms with van der Waals surface area (Å²) in [6.07, 6.45) is -2.29. The van der Waals surface area contributed by atoms with Gasteiger partial charge in [-0.3, -0.25) is 9.59 Å². The zero-order valence-corrected chi connectivity index (χ0v) is 18.3. The van der Waals surface area contributed by atoms with Gasteiger partial charge < -0.3 is 19.3 Å². The largest absolute Gasteiger partial charge is 0.461 e. The van der Waals surface area contributed by atoms with Gasteiger partial charge in [0.2, 0.25) is 5.78 Å². The van der Waals surface area contributed by atoms with Crippen LogP contribution < -0.4 is 0 Å². The maximum absolute atomic E-state index is 13.0. The fourth-order valence-electron chi connectivity index (χ4n) is 4.18. The minimum atomic E-state index is -1.56. The fraction of sp³-hybridized carbons (Fsp3) is 0.455. The molecule has 0 unspecified atom stereocenters. The normalized spacial score (nSPS) is 30.7. The molecule has 5 atom stereocenters. The Labute approximate surface area is 184 Å². The summed E-state index contributed by atoms with van der Waals surface area (Å²) in [5, 5.41) is 11.2. The average Bonchev–Trinajstić information content (AvgIpc) is 3.09. The number of aliphatic hydroxyl groups is 1. The lowest BCUT2D eigenvalue weighted by Crippen LogP contribution is -2.43. The molecule has 3 rings (SSSR count). The first-order valence-electron chi connectivity index (χ1n) is 9.70. The van der Waals surface area contributed by atoms with E-state index in [1.54, 1.807) is 13.8 Å². The van der Waals surface area contributed by atoms with E-state index in [9.17, 15) is 24.3 Å². The van der Waals surface area contributed by atoms with Gasteiger partial charge in [0.05, 0.1) is 11.0 Å². The van der Waals surface area contributed by atoms with Crippen molar-refractivity contribution in [3.8, 4) is 0 Å². The quantitative estimate of drug-likeness (QED) is 0.392. The number of carbonyl (C=O) groups excluding carboxylic acids is 4. The van der Waals surface area contributed by atoms with E-state index in [1.807, 2.05) is 0 Å². The van der Waals surface area contributed by atoms with Crippen LogP contribution in [0.3, 0.4) is 0 Å². The van der Waals surface area contributed by atoms with E-state index in [-0.39, 0.29) is 27.3 Å². The van der Waals surface area contributed by atoms with Gasteiger partial charge in [-0.1, -0.05) is 24.3 Å². The van der Waals surface area contributed by atoms with Crippen molar-refractivity contribution in [2.24, 2.45) is 11.8 Å². The topological polar surface area (TPSA) is 116 Å². The van der Waals surface area contributed by atoms with Crippen LogP contribution in [0.25, 0.3) is 0 Å². The van der Waals surface area contributed by atoms with Crippen molar-refractivity contribution < 1.29 is 38.5 Å². The van der Waals surface area contributed by atoms with Crippen LogP contribution in [0.5, 0.6) is 0 Å². The van der Waals surface area contributed by atoms with Gasteiger partial charge >= 0.3 is 17.9 Å². The van der Waals surface area contributed by atoms with Gasteiger partial charge in [0.25, 0.3) is 0 Å². The third-order valence-corrected chi connectivity index (χ3v) is 6.42. The number of fused-ring (bicyclic) bond motifs is 3. The maximum atomic E-state index is 13.0. The Hall–Kier alpha value is -2.71. The number of rotatable bonds is 4. The highest BCUT2D eigenvalue weighted by atomic mass is 35.5. The smallest absolute Gasteiger partial charge is 0.334 e. The van der Waals surface area contributed by atoms with Gasteiger partial charge in [-0.15, -0.1) is 0 Å². The van der Waals surface area contributed by atoms with E-state index >= 15 is 0 Å². The summed E-state index contributed by atoms with van der Waals surface area (Å²) in [6, 6.07) is 0. The van der Waals surface area contributed by atoms with Gasteiger partial charge in [-0.2, -0.15) is 0 Å². The average molecular weight is 451 g/mol. The standard InChI is InChI=1S/C22H23ClO8/c1-6-8(2)21(27)31-20-14-10(4)22(28)30-19(14)13-9(3)16(23)18(26)15(13)12(17(20)25)7-29-11(5)24/h6,13-14,17,19-20,25H,4,7H2,1-3,5H3/b8-6+/t13-,14-,17+,19+,20-/m0/s1. The van der Waals surface area contributed by atoms with Crippen molar-refractivity contribution in [1.29, 1.82) is 0 Å². The van der Waals surface area contributed by atoms with E-state index in [0.29, 0.717) is 5.57 Å². The number of esters is 3. The van der Waals surface area contributed by atoms with Crippen LogP contribution in [0.2, 0.25) is 0 Å². The minimum absolute atomic E-state index is 0.0105. The summed E-state index contributed by atoms with van der Waals surface area (Å²) in [7, 11) is 0. The molecule has 1 saturated heterocycles. The highest BCUT2D eigenvalue weighted by molar-refractivity contribution is 6.47. The lowest BCUT2D eigenvalue weighted by molar-refractivity contribution is -0.155. The molecule has 0 saturated carbocycles. The number of hydrogen-bond acceptors (Lipinski definition) is 8. The molecule has 1 heterocycles. The van der Waals surface area contributed by atoms with Crippen LogP contribution >= 0.6 is 11.6 Å². The predicted octanol–water partition coefficient (Wildman–Crippen LogP) is 1.91. The number of carbonyl (C=O) groups is 4. The van der Waals surface area contributed by atoms with Crippen molar-refractivity contribution in [3.63, 3.8) is 0 Å². The van der Waals surface area contributed by atoms with Crippen LogP contribution in [-0.2, 0) is 33.4 Å². The lowest BCUT2D eigenvalue weighted by atomic mass is 9.82. The maximum Gasteiger partial charge on any atom is 0.334 e. The zero-order chi connectivity index (χ0) is 23.2. The zero-order valence-electron chi connectivity index (χ0n) is 17.6. The third-order valence-electron chi connectivity index (χ3n) is 5.96. The highest BCUT2D eigenvalue weighted by Gasteiger charge is 2.58. The summed E-state index contributed by atoms with van der Waals surface area (Å²) in [4.78, 5) is 49.3. The highest BCUT2D eigenvalue weighted by Crippen LogP contribution is 2.50. The number of allylic oxidation sites excluding steroid dienone is 2. The van der Waals surface area contributed by atoms with Crippen molar-refractivity contribution in [2.45, 2.75) is 46.0 Å². The second kappa shape index (κ2) is 8.43. The molecule has 3 aliphatic rings. The Morgan fingerprint density at radius 1 is 1.29 bits per heavy atom. The third kappa shape index (κ3) is 3.74. The Bertz CT molecular complexity index is 985. The number of hydrogen-bond donors (Lipinski definition) is 1. The van der Waals surface area contributed by atoms with Gasteiger partial charge in [0.1, 0.15) is 24.9 Å². The first-order chi connectivity index (χ1) is 14.5. The van der Waals surface area contributed by atoms with E-state index in [4.69, 9.17) is 25.8 Å². The Morgan fingerprint density at radius 2 is 1.94 bits per heavy atom. The Morgan fingerprint density at radius 3 is 2.52 bits per heavy atom. The molecule has 1 N–H and O–H groups in total. The summed E-state index contributed by atoms with van der Waals surface area (Å²) >= 11 is 6.21. The summed E-state index contributed by atoms with van der Waals surface area (Å²) < 4.78 is 16.2. The monoisotopic (exact) mass is 450 g/mol. The van der Waals surface area contributed by atoms with Gasteiger partial charge in [0.15, 0.2) is 0 Å². The second-order valence-electron chi connectivity index (χ2n) is 7.73. The summed E-state index contributed by atoms with van der Waals surface area (Å²) in [5.41, 5.74) is 0.873. The second-order valence-corrected chi connectivity index (χ2v) is 8.11. The first kappa shape index (κ1) is 23.0. The van der Waals surface area contributed by atoms with Crippen LogP contribution in [0.4, 0.5) is 0 Å². The molecule has 0 spiro atoms. The molecule has 0 aromatic rings. The molecule has 0 aromatic carbocycles. The van der Waals surface area contributed by atoms with E-state index in [1.165, 1.54) is 19.9 Å². The molecule has 31 heavy (non-hydrogen) atoms. The molecule has 1 aliphatic heterocycles. The number of ketones is 1. The van der Waals surface area contributed by atoms with E-state index in [2.05, 4.69) is 6.58 Å². The van der Waals surface area contributed by atoms with Gasteiger partial charge in [0, 0.05) is 35.1 Å². The summed E-state index contributed by atoms with van der Waals surface area (Å²) in [5.74, 6) is -4.34. The molecule has 8 nitrogen and oxygen atoms in total. The van der Waals surface area contributed by atoms with Gasteiger partial charge in [-0.25, -0.2) is 9.59 Å². The van der Waals surface area contributed by atoms with E-state index < -0.39 is 60.4 Å². The molecule has 0 radical (unpaired) electrons. The van der Waals surface area contributed by atoms with Crippen LogP contribution in [0, 0.1) is 11.8 Å². The van der Waals surface area contributed by atoms with E-state index in [0.717, 1.165) is 0 Å². The molecule has 9 heteroatoms. The molecule has 2 aliphatic carbocycles. The lowest BCUT2D eigenvalue weighted by Gasteiger charge is -2.30. The predicted molar refractivity (Wildman–Crippen MR) is 109 cm³/mol. The van der Waals surface area contributed by atoms with Crippen LogP contribution in [0.15, 0.2) is 45.6 Å². The van der Waals surface area contributed by atoms with Crippen molar-refractivity contribution in [1.82, 2.24) is 0 Å². The molecule has 0 bridgehead atoms. The first-order valence-corrected chi connectivity index (χ1v) is 10.1. The Kier molecular flexibility index (Phi) is 6.25. The van der Waals surface area contributed by atoms with Crippen LogP contribution in [0.1, 0.15) is 27.7 Å². The Balaban J connectivity index is 2.19. The van der Waals surface area contributed by atoms with Gasteiger partial charge in [-0.05, 0) is 26.3 Å². The number of Topliss-reactive ketones (excluding diaryl/α,β-unsaturated/α-hetero) is 1. The van der Waals surface area contributed by atoms with Crippen molar-refractivity contribution >= 4 is 35.3 Å². The molecule has 166 valence electrons. The number of aliphatic hydroxyl groups excluding tert-OH is 1. The molecule has 0 amide bonds. The molecular formula is C22H23ClO8. The summed E-state index contributed by atoms with van der Waals surface area (Å²) in [6.45, 7) is 9.35. The fourth-order valence-corrected chi connectivity index (χ4v) is 4.40. The number of halogens is 1. The SMILES string of the molecule is C=C1C(=O)O[C@@H]2[C@H]3C(C)=C(Cl)C(=O)C3=C(COC(C)=O)[C@@H](O)[C@@H](OC(=O)/C(C)=C/C)[C@@H]12. The number of ether oxygens (including phenoxy) is 3. The molecule has 1 fully saturated rings. The van der Waals surface area contributed by atoms with Crippen LogP contribution in [-0.4, -0.2) is 53.7 Å². The molecule has 0 aromatic heterocycles.